The zero-order chi connectivity index (χ0) is 6.69. The third-order valence-corrected chi connectivity index (χ3v) is 1.15. The van der Waals surface area contributed by atoms with Crippen LogP contribution in [0.25, 0.3) is 0 Å². The van der Waals surface area contributed by atoms with Crippen molar-refractivity contribution in [3.8, 4) is 0 Å². The predicted octanol–water partition coefficient (Wildman–Crippen LogP) is 0.462. The number of hydrogen-bond acceptors (Lipinski definition) is 3. The SMILES string of the molecule is C=CO[C@H]1CCOC1=O. The summed E-state index contributed by atoms with van der Waals surface area (Å²) in [4.78, 5) is 10.6. The number of hydrogen-bond donors (Lipinski definition) is 0. The van der Waals surface area contributed by atoms with Crippen LogP contribution in [0.2, 0.25) is 0 Å². The highest BCUT2D eigenvalue weighted by atomic mass is 16.6. The Morgan fingerprint density at radius 1 is 1.89 bits per heavy atom. The first-order chi connectivity index (χ1) is 4.34. The van der Waals surface area contributed by atoms with Crippen LogP contribution in [-0.4, -0.2) is 18.7 Å². The van der Waals surface area contributed by atoms with Crippen molar-refractivity contribution in [2.45, 2.75) is 12.5 Å². The maximum absolute atomic E-state index is 10.6. The lowest BCUT2D eigenvalue weighted by Crippen LogP contribution is -2.15. The van der Waals surface area contributed by atoms with E-state index in [-0.39, 0.29) is 5.97 Å². The minimum absolute atomic E-state index is 0.282. The van der Waals surface area contributed by atoms with Gasteiger partial charge >= 0.3 is 5.97 Å². The van der Waals surface area contributed by atoms with Crippen LogP contribution in [0.5, 0.6) is 0 Å². The Morgan fingerprint density at radius 3 is 3.11 bits per heavy atom. The van der Waals surface area contributed by atoms with Crippen molar-refractivity contribution in [1.82, 2.24) is 0 Å². The molecule has 0 aromatic heterocycles. The highest BCUT2D eigenvalue weighted by molar-refractivity contribution is 5.76. The van der Waals surface area contributed by atoms with Gasteiger partial charge in [-0.25, -0.2) is 4.79 Å². The second-order valence-electron chi connectivity index (χ2n) is 1.75. The molecule has 0 radical (unpaired) electrons. The molecule has 50 valence electrons. The summed E-state index contributed by atoms with van der Waals surface area (Å²) >= 11 is 0. The number of cyclic esters (lactones) is 1. The Bertz CT molecular complexity index is 130. The van der Waals surface area contributed by atoms with Crippen molar-refractivity contribution in [2.24, 2.45) is 0 Å². The molecule has 9 heavy (non-hydrogen) atoms. The molecule has 0 aliphatic carbocycles. The molecule has 1 fully saturated rings. The highest BCUT2D eigenvalue weighted by Crippen LogP contribution is 2.09. The van der Waals surface area contributed by atoms with E-state index in [4.69, 9.17) is 4.74 Å². The van der Waals surface area contributed by atoms with Crippen LogP contribution in [0.1, 0.15) is 6.42 Å². The average Bonchev–Trinajstić information content (AvgIpc) is 2.18. The van der Waals surface area contributed by atoms with Gasteiger partial charge in [0.1, 0.15) is 0 Å². The molecule has 0 spiro atoms. The van der Waals surface area contributed by atoms with Gasteiger partial charge in [-0.05, 0) is 0 Å². The summed E-state index contributed by atoms with van der Waals surface area (Å²) in [7, 11) is 0. The van der Waals surface area contributed by atoms with Gasteiger partial charge in [-0.15, -0.1) is 0 Å². The van der Waals surface area contributed by atoms with E-state index in [9.17, 15) is 4.79 Å². The first kappa shape index (κ1) is 6.13. The third-order valence-electron chi connectivity index (χ3n) is 1.15. The summed E-state index contributed by atoms with van der Waals surface area (Å²) in [5, 5.41) is 0. The Hall–Kier alpha value is -0.990. The number of rotatable bonds is 2. The smallest absolute Gasteiger partial charge is 0.347 e. The molecule has 0 unspecified atom stereocenters. The Morgan fingerprint density at radius 2 is 2.67 bits per heavy atom. The van der Waals surface area contributed by atoms with Crippen LogP contribution in [-0.2, 0) is 14.3 Å². The number of ether oxygens (including phenoxy) is 2. The van der Waals surface area contributed by atoms with E-state index >= 15 is 0 Å². The third kappa shape index (κ3) is 1.22. The van der Waals surface area contributed by atoms with Gasteiger partial charge < -0.3 is 9.47 Å². The molecular weight excluding hydrogens is 120 g/mol. The van der Waals surface area contributed by atoms with Crippen LogP contribution in [0.4, 0.5) is 0 Å². The van der Waals surface area contributed by atoms with Gasteiger partial charge in [-0.3, -0.25) is 0 Å². The molecule has 1 aliphatic rings. The summed E-state index contributed by atoms with van der Waals surface area (Å²) in [6, 6.07) is 0. The molecule has 3 heteroatoms. The van der Waals surface area contributed by atoms with Crippen LogP contribution < -0.4 is 0 Å². The normalized spacial score (nSPS) is 25.3. The fourth-order valence-electron chi connectivity index (χ4n) is 0.717. The van der Waals surface area contributed by atoms with Gasteiger partial charge in [0, 0.05) is 6.42 Å². The number of carbonyl (C=O) groups excluding carboxylic acids is 1. The van der Waals surface area contributed by atoms with Gasteiger partial charge in [0.15, 0.2) is 6.10 Å². The molecule has 0 aromatic carbocycles. The molecule has 0 saturated carbocycles. The predicted molar refractivity (Wildman–Crippen MR) is 30.6 cm³/mol. The van der Waals surface area contributed by atoms with Crippen LogP contribution in [0.15, 0.2) is 12.8 Å². The quantitative estimate of drug-likeness (QED) is 0.400. The first-order valence-corrected chi connectivity index (χ1v) is 2.77. The van der Waals surface area contributed by atoms with E-state index in [1.165, 1.54) is 6.26 Å². The molecular formula is C6H8O3. The summed E-state index contributed by atoms with van der Waals surface area (Å²) in [6.45, 7) is 3.80. The molecule has 1 heterocycles. The summed E-state index contributed by atoms with van der Waals surface area (Å²) in [5.41, 5.74) is 0. The molecule has 1 atom stereocenters. The Balaban J connectivity index is 2.39. The maximum Gasteiger partial charge on any atom is 0.347 e. The van der Waals surface area contributed by atoms with Crippen LogP contribution in [0, 0.1) is 0 Å². The average molecular weight is 128 g/mol. The number of esters is 1. The fourth-order valence-corrected chi connectivity index (χ4v) is 0.717. The van der Waals surface area contributed by atoms with Gasteiger partial charge in [-0.2, -0.15) is 0 Å². The minimum atomic E-state index is -0.400. The molecule has 0 aromatic rings. The molecule has 0 amide bonds. The maximum atomic E-state index is 10.6. The van der Waals surface area contributed by atoms with Gasteiger partial charge in [0.05, 0.1) is 12.9 Å². The molecule has 1 saturated heterocycles. The topological polar surface area (TPSA) is 35.5 Å². The Kier molecular flexibility index (Phi) is 1.72. The second kappa shape index (κ2) is 2.53. The summed E-state index contributed by atoms with van der Waals surface area (Å²) < 4.78 is 9.41. The van der Waals surface area contributed by atoms with Crippen LogP contribution in [0.3, 0.4) is 0 Å². The lowest BCUT2D eigenvalue weighted by Gasteiger charge is -2.01. The van der Waals surface area contributed by atoms with Crippen molar-refractivity contribution in [3.63, 3.8) is 0 Å². The van der Waals surface area contributed by atoms with Gasteiger partial charge in [0.2, 0.25) is 0 Å². The molecule has 1 rings (SSSR count). The summed E-state index contributed by atoms with van der Waals surface area (Å²) in [6.07, 6.45) is 1.50. The minimum Gasteiger partial charge on any atom is -0.487 e. The van der Waals surface area contributed by atoms with Crippen molar-refractivity contribution < 1.29 is 14.3 Å². The van der Waals surface area contributed by atoms with Crippen molar-refractivity contribution in [1.29, 1.82) is 0 Å². The zero-order valence-corrected chi connectivity index (χ0v) is 5.00. The van der Waals surface area contributed by atoms with E-state index in [0.29, 0.717) is 13.0 Å². The molecule has 3 nitrogen and oxygen atoms in total. The first-order valence-electron chi connectivity index (χ1n) is 2.77. The summed E-state index contributed by atoms with van der Waals surface area (Å²) in [5.74, 6) is -0.282. The zero-order valence-electron chi connectivity index (χ0n) is 5.00. The monoisotopic (exact) mass is 128 g/mol. The van der Waals surface area contributed by atoms with Gasteiger partial charge in [0.25, 0.3) is 0 Å². The van der Waals surface area contributed by atoms with E-state index in [1.54, 1.807) is 0 Å². The molecule has 1 aliphatic heterocycles. The lowest BCUT2D eigenvalue weighted by molar-refractivity contribution is -0.144. The second-order valence-corrected chi connectivity index (χ2v) is 1.75. The standard InChI is InChI=1S/C6H8O3/c1-2-8-5-3-4-9-6(5)7/h2,5H,1,3-4H2/t5-/m0/s1. The number of carbonyl (C=O) groups is 1. The molecule has 0 bridgehead atoms. The van der Waals surface area contributed by atoms with Crippen molar-refractivity contribution in [3.05, 3.63) is 12.8 Å². The highest BCUT2D eigenvalue weighted by Gasteiger charge is 2.26. The van der Waals surface area contributed by atoms with Crippen LogP contribution >= 0.6 is 0 Å². The van der Waals surface area contributed by atoms with Gasteiger partial charge in [-0.1, -0.05) is 6.58 Å². The lowest BCUT2D eigenvalue weighted by atomic mass is 10.3. The van der Waals surface area contributed by atoms with E-state index in [1.807, 2.05) is 0 Å². The van der Waals surface area contributed by atoms with Crippen molar-refractivity contribution >= 4 is 5.97 Å². The van der Waals surface area contributed by atoms with E-state index in [0.717, 1.165) is 0 Å². The molecule has 0 N–H and O–H groups in total. The fraction of sp³-hybridized carbons (Fsp3) is 0.500. The van der Waals surface area contributed by atoms with E-state index < -0.39 is 6.10 Å². The Labute approximate surface area is 53.3 Å². The largest absolute Gasteiger partial charge is 0.487 e. The van der Waals surface area contributed by atoms with Crippen molar-refractivity contribution in [2.75, 3.05) is 6.61 Å². The van der Waals surface area contributed by atoms with E-state index in [2.05, 4.69) is 11.3 Å².